The molecular formula is C13H20N2O3S. The number of nitrogens with one attached hydrogen (secondary N) is 2. The molecule has 2 heterocycles. The van der Waals surface area contributed by atoms with E-state index in [-0.39, 0.29) is 5.91 Å². The number of thiophene rings is 1. The van der Waals surface area contributed by atoms with Crippen molar-refractivity contribution in [1.82, 2.24) is 10.6 Å². The Balaban J connectivity index is 1.72. The molecule has 6 heteroatoms. The van der Waals surface area contributed by atoms with Crippen LogP contribution in [0.15, 0.2) is 6.07 Å². The van der Waals surface area contributed by atoms with Crippen molar-refractivity contribution in [3.8, 4) is 0 Å². The highest BCUT2D eigenvalue weighted by molar-refractivity contribution is 7.14. The smallest absolute Gasteiger partial charge is 0.261 e. The summed E-state index contributed by atoms with van der Waals surface area (Å²) in [6.07, 6.45) is 0.922. The second-order valence-corrected chi connectivity index (χ2v) is 5.50. The fourth-order valence-electron chi connectivity index (χ4n) is 1.91. The Hall–Kier alpha value is -0.950. The average molecular weight is 284 g/mol. The molecular weight excluding hydrogens is 264 g/mol. The zero-order valence-electron chi connectivity index (χ0n) is 11.2. The predicted octanol–water partition coefficient (Wildman–Crippen LogP) is 0.787. The van der Waals surface area contributed by atoms with Crippen molar-refractivity contribution < 1.29 is 14.3 Å². The minimum Gasteiger partial charge on any atom is -0.383 e. The molecule has 0 fully saturated rings. The van der Waals surface area contributed by atoms with Crippen molar-refractivity contribution >= 4 is 17.2 Å². The number of carbonyl (C=O) groups excluding carboxylic acids is 1. The van der Waals surface area contributed by atoms with E-state index in [1.807, 2.05) is 6.07 Å². The number of hydrogen-bond acceptors (Lipinski definition) is 5. The molecule has 1 aromatic heterocycles. The lowest BCUT2D eigenvalue weighted by atomic mass is 10.2. The first kappa shape index (κ1) is 14.5. The van der Waals surface area contributed by atoms with Gasteiger partial charge in [0.1, 0.15) is 0 Å². The molecule has 19 heavy (non-hydrogen) atoms. The Morgan fingerprint density at radius 2 is 2.37 bits per heavy atom. The summed E-state index contributed by atoms with van der Waals surface area (Å²) in [6, 6.07) is 1.95. The maximum Gasteiger partial charge on any atom is 0.261 e. The summed E-state index contributed by atoms with van der Waals surface area (Å²) in [5.41, 5.74) is 1.17. The van der Waals surface area contributed by atoms with Crippen LogP contribution in [-0.4, -0.2) is 45.9 Å². The van der Waals surface area contributed by atoms with Gasteiger partial charge in [0.2, 0.25) is 0 Å². The third kappa shape index (κ3) is 4.28. The zero-order valence-corrected chi connectivity index (χ0v) is 12.0. The second-order valence-electron chi connectivity index (χ2n) is 4.36. The van der Waals surface area contributed by atoms with Crippen LogP contribution in [-0.2, 0) is 22.5 Å². The molecule has 0 spiro atoms. The van der Waals surface area contributed by atoms with Gasteiger partial charge in [-0.2, -0.15) is 0 Å². The molecule has 0 atom stereocenters. The van der Waals surface area contributed by atoms with E-state index < -0.39 is 0 Å². The zero-order chi connectivity index (χ0) is 13.5. The van der Waals surface area contributed by atoms with Crippen molar-refractivity contribution in [2.24, 2.45) is 0 Å². The topological polar surface area (TPSA) is 59.6 Å². The molecule has 1 amide bonds. The van der Waals surface area contributed by atoms with Crippen LogP contribution in [0.4, 0.5) is 0 Å². The summed E-state index contributed by atoms with van der Waals surface area (Å²) in [4.78, 5) is 14.0. The first-order chi connectivity index (χ1) is 9.31. The van der Waals surface area contributed by atoms with Crippen LogP contribution < -0.4 is 10.6 Å². The highest BCUT2D eigenvalue weighted by atomic mass is 32.1. The van der Waals surface area contributed by atoms with Crippen molar-refractivity contribution in [2.75, 3.05) is 40.0 Å². The van der Waals surface area contributed by atoms with Crippen molar-refractivity contribution in [3.05, 3.63) is 21.4 Å². The monoisotopic (exact) mass is 284 g/mol. The van der Waals surface area contributed by atoms with Crippen LogP contribution in [0, 0.1) is 0 Å². The van der Waals surface area contributed by atoms with Gasteiger partial charge in [-0.3, -0.25) is 4.79 Å². The maximum absolute atomic E-state index is 12.0. The fraction of sp³-hybridized carbons (Fsp3) is 0.615. The van der Waals surface area contributed by atoms with Crippen LogP contribution in [0.1, 0.15) is 20.1 Å². The van der Waals surface area contributed by atoms with Gasteiger partial charge in [-0.05, 0) is 11.6 Å². The highest BCUT2D eigenvalue weighted by Gasteiger charge is 2.17. The molecule has 5 nitrogen and oxygen atoms in total. The van der Waals surface area contributed by atoms with Crippen LogP contribution in [0.2, 0.25) is 0 Å². The summed E-state index contributed by atoms with van der Waals surface area (Å²) in [7, 11) is 1.67. The summed E-state index contributed by atoms with van der Waals surface area (Å²) >= 11 is 1.58. The van der Waals surface area contributed by atoms with E-state index in [4.69, 9.17) is 9.47 Å². The minimum atomic E-state index is 0.00735. The summed E-state index contributed by atoms with van der Waals surface area (Å²) in [6.45, 7) is 4.27. The summed E-state index contributed by atoms with van der Waals surface area (Å²) < 4.78 is 10.3. The van der Waals surface area contributed by atoms with Gasteiger partial charge in [0.25, 0.3) is 5.91 Å². The first-order valence-corrected chi connectivity index (χ1v) is 7.30. The predicted molar refractivity (Wildman–Crippen MR) is 74.8 cm³/mol. The molecule has 1 aliphatic heterocycles. The number of rotatable bonds is 7. The number of ether oxygens (including phenoxy) is 2. The fourth-order valence-corrected chi connectivity index (χ4v) is 2.98. The van der Waals surface area contributed by atoms with Gasteiger partial charge in [0.05, 0.1) is 24.7 Å². The Morgan fingerprint density at radius 1 is 1.47 bits per heavy atom. The average Bonchev–Trinajstić information content (AvgIpc) is 2.86. The number of amides is 1. The van der Waals surface area contributed by atoms with Crippen LogP contribution in [0.3, 0.4) is 0 Å². The van der Waals surface area contributed by atoms with Gasteiger partial charge < -0.3 is 20.1 Å². The Morgan fingerprint density at radius 3 is 3.16 bits per heavy atom. The normalized spacial score (nSPS) is 14.2. The molecule has 0 unspecified atom stereocenters. The Labute approximate surface area is 117 Å². The highest BCUT2D eigenvalue weighted by Crippen LogP contribution is 2.26. The molecule has 0 saturated heterocycles. The van der Waals surface area contributed by atoms with Gasteiger partial charge in [-0.25, -0.2) is 0 Å². The summed E-state index contributed by atoms with van der Waals surface area (Å²) in [5, 5.41) is 6.10. The lowest BCUT2D eigenvalue weighted by Crippen LogP contribution is -2.32. The molecule has 0 aliphatic carbocycles. The quantitative estimate of drug-likeness (QED) is 0.727. The summed E-state index contributed by atoms with van der Waals surface area (Å²) in [5.74, 6) is 0.00735. The standard InChI is InChI=1S/C13H20N2O3S/c1-17-7-5-14-3-4-15-13(16)12-8-10-9-18-6-2-11(10)19-12/h8,14H,2-7,9H2,1H3,(H,15,16). The van der Waals surface area contributed by atoms with E-state index in [0.717, 1.165) is 31.0 Å². The molecule has 0 aromatic carbocycles. The van der Waals surface area contributed by atoms with E-state index in [2.05, 4.69) is 10.6 Å². The molecule has 1 aliphatic rings. The molecule has 2 rings (SSSR count). The van der Waals surface area contributed by atoms with Gasteiger partial charge in [-0.1, -0.05) is 0 Å². The Bertz CT molecular complexity index is 397. The first-order valence-electron chi connectivity index (χ1n) is 6.48. The molecule has 0 radical (unpaired) electrons. The maximum atomic E-state index is 12.0. The molecule has 0 saturated carbocycles. The van der Waals surface area contributed by atoms with E-state index in [9.17, 15) is 4.79 Å². The third-order valence-corrected chi connectivity index (χ3v) is 4.16. The minimum absolute atomic E-state index is 0.00735. The van der Waals surface area contributed by atoms with Gasteiger partial charge in [-0.15, -0.1) is 11.3 Å². The van der Waals surface area contributed by atoms with E-state index in [1.165, 1.54) is 10.4 Å². The third-order valence-electron chi connectivity index (χ3n) is 2.92. The van der Waals surface area contributed by atoms with Crippen molar-refractivity contribution in [3.63, 3.8) is 0 Å². The second kappa shape index (κ2) is 7.59. The lowest BCUT2D eigenvalue weighted by molar-refractivity contribution is 0.0957. The van der Waals surface area contributed by atoms with E-state index >= 15 is 0 Å². The lowest BCUT2D eigenvalue weighted by Gasteiger charge is -2.10. The Kier molecular flexibility index (Phi) is 5.78. The van der Waals surface area contributed by atoms with Gasteiger partial charge >= 0.3 is 0 Å². The number of fused-ring (bicyclic) bond motifs is 1. The molecule has 2 N–H and O–H groups in total. The van der Waals surface area contributed by atoms with Crippen molar-refractivity contribution in [2.45, 2.75) is 13.0 Å². The van der Waals surface area contributed by atoms with Gasteiger partial charge in [0, 0.05) is 38.0 Å². The molecule has 0 bridgehead atoms. The van der Waals surface area contributed by atoms with Crippen LogP contribution in [0.5, 0.6) is 0 Å². The largest absolute Gasteiger partial charge is 0.383 e. The van der Waals surface area contributed by atoms with Crippen LogP contribution >= 0.6 is 11.3 Å². The van der Waals surface area contributed by atoms with E-state index in [0.29, 0.717) is 19.8 Å². The van der Waals surface area contributed by atoms with Crippen molar-refractivity contribution in [1.29, 1.82) is 0 Å². The number of methoxy groups -OCH3 is 1. The SMILES string of the molecule is COCCNCCNC(=O)c1cc2c(s1)CCOC2. The number of hydrogen-bond donors (Lipinski definition) is 2. The molecule has 1 aromatic rings. The van der Waals surface area contributed by atoms with E-state index in [1.54, 1.807) is 18.4 Å². The van der Waals surface area contributed by atoms with Crippen LogP contribution in [0.25, 0.3) is 0 Å². The molecule has 106 valence electrons. The van der Waals surface area contributed by atoms with Gasteiger partial charge in [0.15, 0.2) is 0 Å². The number of carbonyl (C=O) groups is 1.